The number of hydrogen-bond donors (Lipinski definition) is 1. The molecule has 1 aliphatic rings. The fraction of sp³-hybridized carbons (Fsp3) is 0.267. The van der Waals surface area contributed by atoms with E-state index >= 15 is 0 Å². The molecular formula is C15H13N3O3. The summed E-state index contributed by atoms with van der Waals surface area (Å²) in [6.07, 6.45) is 4.27. The third kappa shape index (κ3) is 1.68. The van der Waals surface area contributed by atoms with Crippen molar-refractivity contribution in [3.63, 3.8) is 0 Å². The Morgan fingerprint density at radius 2 is 2.24 bits per heavy atom. The van der Waals surface area contributed by atoms with Crippen LogP contribution in [0, 0.1) is 0 Å². The molecule has 3 heterocycles. The number of furan rings is 1. The summed E-state index contributed by atoms with van der Waals surface area (Å²) < 4.78 is 7.38. The van der Waals surface area contributed by atoms with Crippen LogP contribution < -0.4 is 5.32 Å². The van der Waals surface area contributed by atoms with Crippen LogP contribution in [0.1, 0.15) is 24.3 Å². The van der Waals surface area contributed by atoms with E-state index in [1.807, 2.05) is 19.2 Å². The first-order valence-electron chi connectivity index (χ1n) is 6.80. The van der Waals surface area contributed by atoms with E-state index in [0.717, 1.165) is 27.4 Å². The molecule has 21 heavy (non-hydrogen) atoms. The third-order valence-electron chi connectivity index (χ3n) is 4.11. The molecule has 0 spiro atoms. The summed E-state index contributed by atoms with van der Waals surface area (Å²) in [7, 11) is 1.87. The predicted molar refractivity (Wildman–Crippen MR) is 75.6 cm³/mol. The van der Waals surface area contributed by atoms with E-state index in [2.05, 4.69) is 10.4 Å². The van der Waals surface area contributed by atoms with E-state index in [9.17, 15) is 9.59 Å². The molecule has 1 atom stereocenters. The predicted octanol–water partition coefficient (Wildman–Crippen LogP) is 1.84. The van der Waals surface area contributed by atoms with E-state index in [-0.39, 0.29) is 17.7 Å². The average Bonchev–Trinajstić information content (AvgIpc) is 3.03. The van der Waals surface area contributed by atoms with Gasteiger partial charge in [0.15, 0.2) is 0 Å². The Morgan fingerprint density at radius 3 is 3.05 bits per heavy atom. The molecule has 3 aromatic rings. The fourth-order valence-electron chi connectivity index (χ4n) is 3.04. The van der Waals surface area contributed by atoms with Crippen molar-refractivity contribution in [2.75, 3.05) is 0 Å². The quantitative estimate of drug-likeness (QED) is 0.691. The number of hydrogen-bond acceptors (Lipinski definition) is 4. The Hall–Kier alpha value is -2.63. The van der Waals surface area contributed by atoms with Crippen molar-refractivity contribution in [2.45, 2.75) is 18.8 Å². The van der Waals surface area contributed by atoms with Gasteiger partial charge in [-0.3, -0.25) is 19.6 Å². The van der Waals surface area contributed by atoms with Gasteiger partial charge in [-0.05, 0) is 18.6 Å². The number of nitrogens with zero attached hydrogens (tertiary/aromatic N) is 2. The van der Waals surface area contributed by atoms with Crippen LogP contribution in [0.25, 0.3) is 21.9 Å². The number of amides is 2. The normalized spacial score (nSPS) is 19.4. The highest BCUT2D eigenvalue weighted by Gasteiger charge is 2.31. The second kappa shape index (κ2) is 4.18. The van der Waals surface area contributed by atoms with Crippen molar-refractivity contribution in [3.05, 3.63) is 30.2 Å². The Bertz CT molecular complexity index is 890. The Kier molecular flexibility index (Phi) is 2.42. The lowest BCUT2D eigenvalue weighted by Gasteiger charge is -2.19. The van der Waals surface area contributed by atoms with Gasteiger partial charge in [0, 0.05) is 29.8 Å². The molecule has 0 saturated carbocycles. The van der Waals surface area contributed by atoms with E-state index in [1.54, 1.807) is 17.1 Å². The monoisotopic (exact) mass is 283 g/mol. The molecule has 1 aromatic carbocycles. The number of carbonyl (C=O) groups is 2. The molecule has 4 rings (SSSR count). The highest BCUT2D eigenvalue weighted by molar-refractivity contribution is 6.09. The van der Waals surface area contributed by atoms with Gasteiger partial charge in [-0.25, -0.2) is 0 Å². The summed E-state index contributed by atoms with van der Waals surface area (Å²) in [5, 5.41) is 8.53. The summed E-state index contributed by atoms with van der Waals surface area (Å²) >= 11 is 0. The Labute approximate surface area is 119 Å². The maximum atomic E-state index is 12.1. The van der Waals surface area contributed by atoms with E-state index in [0.29, 0.717) is 12.8 Å². The molecule has 6 heteroatoms. The van der Waals surface area contributed by atoms with Crippen LogP contribution in [0.3, 0.4) is 0 Å². The first kappa shape index (κ1) is 12.1. The number of aryl methyl sites for hydroxylation is 1. The smallest absolute Gasteiger partial charge is 0.234 e. The minimum atomic E-state index is -0.352. The first-order chi connectivity index (χ1) is 10.1. The molecule has 1 saturated heterocycles. The minimum absolute atomic E-state index is 0.212. The van der Waals surface area contributed by atoms with Gasteiger partial charge in [-0.15, -0.1) is 0 Å². The highest BCUT2D eigenvalue weighted by atomic mass is 16.3. The lowest BCUT2D eigenvalue weighted by Crippen LogP contribution is -2.39. The van der Waals surface area contributed by atoms with Crippen LogP contribution in [0.15, 0.2) is 29.0 Å². The maximum Gasteiger partial charge on any atom is 0.234 e. The molecule has 6 nitrogen and oxygen atoms in total. The van der Waals surface area contributed by atoms with Crippen molar-refractivity contribution in [2.24, 2.45) is 7.05 Å². The zero-order chi connectivity index (χ0) is 14.6. The van der Waals surface area contributed by atoms with Crippen LogP contribution >= 0.6 is 0 Å². The molecule has 1 fully saturated rings. The largest absolute Gasteiger partial charge is 0.464 e. The maximum absolute atomic E-state index is 12.1. The van der Waals surface area contributed by atoms with Crippen molar-refractivity contribution < 1.29 is 14.0 Å². The summed E-state index contributed by atoms with van der Waals surface area (Å²) in [6.45, 7) is 0. The lowest BCUT2D eigenvalue weighted by atomic mass is 9.89. The standard InChI is InChI=1S/C15H13N3O3/c1-18-11-3-4-12-14(9(11)6-16-18)10(7-21-12)8-2-5-13(19)17-15(8)20/h3-4,6-8H,2,5H2,1H3,(H,17,19,20). The summed E-state index contributed by atoms with van der Waals surface area (Å²) in [6, 6.07) is 3.83. The second-order valence-corrected chi connectivity index (χ2v) is 5.33. The van der Waals surface area contributed by atoms with Gasteiger partial charge in [0.25, 0.3) is 0 Å². The van der Waals surface area contributed by atoms with E-state index in [1.165, 1.54) is 0 Å². The number of benzene rings is 1. The molecular weight excluding hydrogens is 270 g/mol. The van der Waals surface area contributed by atoms with Crippen molar-refractivity contribution >= 4 is 33.7 Å². The topological polar surface area (TPSA) is 77.1 Å². The van der Waals surface area contributed by atoms with E-state index in [4.69, 9.17) is 4.42 Å². The number of carbonyl (C=O) groups excluding carboxylic acids is 2. The van der Waals surface area contributed by atoms with Crippen LogP contribution in [0.5, 0.6) is 0 Å². The van der Waals surface area contributed by atoms with Crippen LogP contribution in [-0.2, 0) is 16.6 Å². The fourth-order valence-corrected chi connectivity index (χ4v) is 3.04. The Morgan fingerprint density at radius 1 is 1.38 bits per heavy atom. The first-order valence-corrected chi connectivity index (χ1v) is 6.80. The third-order valence-corrected chi connectivity index (χ3v) is 4.11. The molecule has 0 radical (unpaired) electrons. The zero-order valence-electron chi connectivity index (χ0n) is 11.4. The number of piperidine rings is 1. The molecule has 2 amide bonds. The minimum Gasteiger partial charge on any atom is -0.464 e. The molecule has 0 bridgehead atoms. The summed E-state index contributed by atoms with van der Waals surface area (Å²) in [5.41, 5.74) is 2.54. The van der Waals surface area contributed by atoms with Crippen molar-refractivity contribution in [1.29, 1.82) is 0 Å². The zero-order valence-corrected chi connectivity index (χ0v) is 11.4. The van der Waals surface area contributed by atoms with Crippen LogP contribution in [-0.4, -0.2) is 21.6 Å². The van der Waals surface area contributed by atoms with Crippen LogP contribution in [0.4, 0.5) is 0 Å². The number of aromatic nitrogens is 2. The Balaban J connectivity index is 1.95. The highest BCUT2D eigenvalue weighted by Crippen LogP contribution is 2.36. The number of rotatable bonds is 1. The molecule has 106 valence electrons. The van der Waals surface area contributed by atoms with Crippen LogP contribution in [0.2, 0.25) is 0 Å². The van der Waals surface area contributed by atoms with Gasteiger partial charge in [0.05, 0.1) is 23.9 Å². The second-order valence-electron chi connectivity index (χ2n) is 5.33. The lowest BCUT2D eigenvalue weighted by molar-refractivity contribution is -0.134. The SMILES string of the molecule is Cn1ncc2c3c(C4CCC(=O)NC4=O)coc3ccc21. The van der Waals surface area contributed by atoms with Gasteiger partial charge in [-0.1, -0.05) is 0 Å². The van der Waals surface area contributed by atoms with Gasteiger partial charge < -0.3 is 4.42 Å². The van der Waals surface area contributed by atoms with E-state index < -0.39 is 0 Å². The van der Waals surface area contributed by atoms with Crippen molar-refractivity contribution in [1.82, 2.24) is 15.1 Å². The molecule has 1 unspecified atom stereocenters. The molecule has 1 N–H and O–H groups in total. The average molecular weight is 283 g/mol. The van der Waals surface area contributed by atoms with Gasteiger partial charge in [0.1, 0.15) is 5.58 Å². The van der Waals surface area contributed by atoms with Gasteiger partial charge in [-0.2, -0.15) is 5.10 Å². The van der Waals surface area contributed by atoms with Gasteiger partial charge in [0.2, 0.25) is 11.8 Å². The summed E-state index contributed by atoms with van der Waals surface area (Å²) in [4.78, 5) is 23.4. The van der Waals surface area contributed by atoms with Gasteiger partial charge >= 0.3 is 0 Å². The number of imide groups is 1. The summed E-state index contributed by atoms with van der Waals surface area (Å²) in [5.74, 6) is -0.819. The van der Waals surface area contributed by atoms with Crippen molar-refractivity contribution in [3.8, 4) is 0 Å². The number of fused-ring (bicyclic) bond motifs is 3. The molecule has 1 aliphatic heterocycles. The molecule has 0 aliphatic carbocycles. The molecule has 2 aromatic heterocycles. The number of nitrogens with one attached hydrogen (secondary N) is 1.